The summed E-state index contributed by atoms with van der Waals surface area (Å²) in [5.74, 6) is 1.04. The molecule has 1 aromatic heterocycles. The second kappa shape index (κ2) is 10.5. The first kappa shape index (κ1) is 20.6. The number of guanidine groups is 1. The lowest BCUT2D eigenvalue weighted by Gasteiger charge is -2.36. The number of piperazine rings is 1. The summed E-state index contributed by atoms with van der Waals surface area (Å²) in [6.07, 6.45) is 0.973. The minimum atomic E-state index is 0.101. The van der Waals surface area contributed by atoms with Crippen LogP contribution in [0.3, 0.4) is 0 Å². The lowest BCUT2D eigenvalue weighted by molar-refractivity contribution is -0.123. The number of aryl methyl sites for hydroxylation is 1. The van der Waals surface area contributed by atoms with Gasteiger partial charge in [0.05, 0.1) is 23.8 Å². The molecular weight excluding hydrogens is 348 g/mol. The summed E-state index contributed by atoms with van der Waals surface area (Å²) in [6, 6.07) is 0.190. The molecule has 1 amide bonds. The highest BCUT2D eigenvalue weighted by atomic mass is 32.1. The number of nitrogens with one attached hydrogen (secondary N) is 2. The van der Waals surface area contributed by atoms with E-state index in [0.717, 1.165) is 55.8 Å². The molecule has 2 heterocycles. The van der Waals surface area contributed by atoms with Crippen molar-refractivity contribution in [1.82, 2.24) is 25.4 Å². The summed E-state index contributed by atoms with van der Waals surface area (Å²) in [5.41, 5.74) is 1.03. The summed E-state index contributed by atoms with van der Waals surface area (Å²) >= 11 is 1.70. The standard InChI is InChI=1S/C18H32N6OS/c1-5-17-22-15(13-26-17)11-20-18(19-6-2)24-9-7-23(8-10-24)12-16(25)21-14(3)4/h13-14H,5-12H2,1-4H3,(H,19,20)(H,21,25). The van der Waals surface area contributed by atoms with Crippen molar-refractivity contribution < 1.29 is 4.79 Å². The smallest absolute Gasteiger partial charge is 0.234 e. The van der Waals surface area contributed by atoms with Crippen LogP contribution in [0.5, 0.6) is 0 Å². The van der Waals surface area contributed by atoms with Crippen molar-refractivity contribution >= 4 is 23.2 Å². The van der Waals surface area contributed by atoms with Crippen molar-refractivity contribution in [3.63, 3.8) is 0 Å². The van der Waals surface area contributed by atoms with Crippen LogP contribution >= 0.6 is 11.3 Å². The lowest BCUT2D eigenvalue weighted by Crippen LogP contribution is -2.54. The molecule has 146 valence electrons. The van der Waals surface area contributed by atoms with Crippen LogP contribution in [0, 0.1) is 0 Å². The Balaban J connectivity index is 1.86. The van der Waals surface area contributed by atoms with E-state index < -0.39 is 0 Å². The minimum absolute atomic E-state index is 0.101. The number of aromatic nitrogens is 1. The topological polar surface area (TPSA) is 72.9 Å². The molecule has 7 nitrogen and oxygen atoms in total. The van der Waals surface area contributed by atoms with Crippen molar-refractivity contribution in [3.8, 4) is 0 Å². The van der Waals surface area contributed by atoms with Gasteiger partial charge in [-0.25, -0.2) is 9.98 Å². The molecule has 2 rings (SSSR count). The third kappa shape index (κ3) is 6.57. The number of rotatable bonds is 7. The lowest BCUT2D eigenvalue weighted by atomic mass is 10.3. The second-order valence-corrected chi connectivity index (χ2v) is 7.68. The first-order valence-corrected chi connectivity index (χ1v) is 10.4. The largest absolute Gasteiger partial charge is 0.357 e. The van der Waals surface area contributed by atoms with Gasteiger partial charge in [-0.3, -0.25) is 9.69 Å². The number of carbonyl (C=O) groups excluding carboxylic acids is 1. The van der Waals surface area contributed by atoms with Gasteiger partial charge in [0.2, 0.25) is 5.91 Å². The molecular formula is C18H32N6OS. The van der Waals surface area contributed by atoms with Gasteiger partial charge in [0.25, 0.3) is 0 Å². The van der Waals surface area contributed by atoms with E-state index >= 15 is 0 Å². The average molecular weight is 381 g/mol. The van der Waals surface area contributed by atoms with E-state index in [0.29, 0.717) is 13.1 Å². The Bertz CT molecular complexity index is 592. The predicted molar refractivity (Wildman–Crippen MR) is 108 cm³/mol. The summed E-state index contributed by atoms with van der Waals surface area (Å²) in [4.78, 5) is 25.7. The Morgan fingerprint density at radius 2 is 2.04 bits per heavy atom. The number of hydrogen-bond donors (Lipinski definition) is 2. The van der Waals surface area contributed by atoms with E-state index in [1.54, 1.807) is 11.3 Å². The highest BCUT2D eigenvalue weighted by molar-refractivity contribution is 7.09. The summed E-state index contributed by atoms with van der Waals surface area (Å²) in [5, 5.41) is 9.59. The van der Waals surface area contributed by atoms with E-state index in [4.69, 9.17) is 4.99 Å². The average Bonchev–Trinajstić information content (AvgIpc) is 3.07. The van der Waals surface area contributed by atoms with Gasteiger partial charge < -0.3 is 15.5 Å². The van der Waals surface area contributed by atoms with Crippen LogP contribution in [0.1, 0.15) is 38.4 Å². The monoisotopic (exact) mass is 380 g/mol. The summed E-state index contributed by atoms with van der Waals surface area (Å²) in [7, 11) is 0. The quantitative estimate of drug-likeness (QED) is 0.551. The molecule has 1 aliphatic heterocycles. The maximum absolute atomic E-state index is 11.9. The van der Waals surface area contributed by atoms with Gasteiger partial charge in [-0.1, -0.05) is 6.92 Å². The van der Waals surface area contributed by atoms with Gasteiger partial charge in [0.1, 0.15) is 0 Å². The molecule has 8 heteroatoms. The number of nitrogens with zero attached hydrogens (tertiary/aromatic N) is 4. The summed E-state index contributed by atoms with van der Waals surface area (Å²) < 4.78 is 0. The third-order valence-electron chi connectivity index (χ3n) is 4.12. The molecule has 26 heavy (non-hydrogen) atoms. The number of thiazole rings is 1. The van der Waals surface area contributed by atoms with Crippen LogP contribution < -0.4 is 10.6 Å². The fraction of sp³-hybridized carbons (Fsp3) is 0.722. The van der Waals surface area contributed by atoms with E-state index in [9.17, 15) is 4.79 Å². The molecule has 0 bridgehead atoms. The number of hydrogen-bond acceptors (Lipinski definition) is 5. The highest BCUT2D eigenvalue weighted by Gasteiger charge is 2.21. The fourth-order valence-corrected chi connectivity index (χ4v) is 3.59. The first-order chi connectivity index (χ1) is 12.5. The molecule has 1 aromatic rings. The Labute approximate surface area is 160 Å². The molecule has 1 saturated heterocycles. The van der Waals surface area contributed by atoms with Gasteiger partial charge in [-0.15, -0.1) is 11.3 Å². The van der Waals surface area contributed by atoms with Gasteiger partial charge in [0, 0.05) is 44.1 Å². The van der Waals surface area contributed by atoms with Crippen molar-refractivity contribution in [2.75, 3.05) is 39.3 Å². The van der Waals surface area contributed by atoms with Gasteiger partial charge in [-0.05, 0) is 27.2 Å². The second-order valence-electron chi connectivity index (χ2n) is 6.74. The molecule has 1 aliphatic rings. The molecule has 0 unspecified atom stereocenters. The molecule has 0 spiro atoms. The first-order valence-electron chi connectivity index (χ1n) is 9.50. The Kier molecular flexibility index (Phi) is 8.31. The van der Waals surface area contributed by atoms with Gasteiger partial charge in [-0.2, -0.15) is 0 Å². The van der Waals surface area contributed by atoms with Gasteiger partial charge >= 0.3 is 0 Å². The van der Waals surface area contributed by atoms with E-state index in [2.05, 4.69) is 44.6 Å². The zero-order valence-electron chi connectivity index (χ0n) is 16.4. The minimum Gasteiger partial charge on any atom is -0.357 e. The molecule has 0 aromatic carbocycles. The number of aliphatic imine (C=N–C) groups is 1. The van der Waals surface area contributed by atoms with E-state index in [1.807, 2.05) is 13.8 Å². The Morgan fingerprint density at radius 1 is 1.31 bits per heavy atom. The maximum atomic E-state index is 11.9. The SMILES string of the molecule is CCNC(=NCc1csc(CC)n1)N1CCN(CC(=O)NC(C)C)CC1. The third-order valence-corrected chi connectivity index (χ3v) is 5.16. The van der Waals surface area contributed by atoms with Crippen molar-refractivity contribution in [2.45, 2.75) is 46.7 Å². The molecule has 0 aliphatic carbocycles. The molecule has 0 atom stereocenters. The number of amides is 1. The predicted octanol–water partition coefficient (Wildman–Crippen LogP) is 1.31. The van der Waals surface area contributed by atoms with Gasteiger partial charge in [0.15, 0.2) is 5.96 Å². The van der Waals surface area contributed by atoms with Crippen LogP contribution in [-0.4, -0.2) is 72.0 Å². The molecule has 0 saturated carbocycles. The zero-order valence-corrected chi connectivity index (χ0v) is 17.2. The Hall–Kier alpha value is -1.67. The highest BCUT2D eigenvalue weighted by Crippen LogP contribution is 2.11. The van der Waals surface area contributed by atoms with E-state index in [-0.39, 0.29) is 11.9 Å². The fourth-order valence-electron chi connectivity index (χ4n) is 2.85. The van der Waals surface area contributed by atoms with Crippen LogP contribution in [0.4, 0.5) is 0 Å². The van der Waals surface area contributed by atoms with Crippen LogP contribution in [0.25, 0.3) is 0 Å². The molecule has 1 fully saturated rings. The number of carbonyl (C=O) groups is 1. The van der Waals surface area contributed by atoms with Crippen LogP contribution in [0.15, 0.2) is 10.4 Å². The van der Waals surface area contributed by atoms with Crippen LogP contribution in [0.2, 0.25) is 0 Å². The normalized spacial score (nSPS) is 16.2. The van der Waals surface area contributed by atoms with Crippen molar-refractivity contribution in [1.29, 1.82) is 0 Å². The Morgan fingerprint density at radius 3 is 2.62 bits per heavy atom. The van der Waals surface area contributed by atoms with Crippen molar-refractivity contribution in [2.24, 2.45) is 4.99 Å². The zero-order chi connectivity index (χ0) is 18.9. The maximum Gasteiger partial charge on any atom is 0.234 e. The van der Waals surface area contributed by atoms with E-state index in [1.165, 1.54) is 0 Å². The molecule has 0 radical (unpaired) electrons. The van der Waals surface area contributed by atoms with Crippen LogP contribution in [-0.2, 0) is 17.8 Å². The van der Waals surface area contributed by atoms with Crippen molar-refractivity contribution in [3.05, 3.63) is 16.1 Å². The summed E-state index contributed by atoms with van der Waals surface area (Å²) in [6.45, 7) is 13.6. The molecule has 2 N–H and O–H groups in total.